The molecule has 1 aromatic carbocycles. The third-order valence-electron chi connectivity index (χ3n) is 4.45. The van der Waals surface area contributed by atoms with E-state index in [0.717, 1.165) is 5.56 Å². The summed E-state index contributed by atoms with van der Waals surface area (Å²) in [7, 11) is -1.73. The van der Waals surface area contributed by atoms with Gasteiger partial charge in [0.2, 0.25) is 15.9 Å². The van der Waals surface area contributed by atoms with Crippen molar-refractivity contribution in [2.75, 3.05) is 20.1 Å². The van der Waals surface area contributed by atoms with E-state index >= 15 is 0 Å². The van der Waals surface area contributed by atoms with E-state index in [4.69, 9.17) is 0 Å². The van der Waals surface area contributed by atoms with Crippen molar-refractivity contribution in [3.8, 4) is 0 Å². The standard InChI is InChI=1S/C17H22N4O3S/c1-20-12-15(11-17(20)22)14-3-5-16(6-4-14)25(23,24)19-7-2-9-21-10-8-18-13-21/h3-6,8,10,13,15,19H,2,7,9,11-12H2,1H3. The van der Waals surface area contributed by atoms with Gasteiger partial charge >= 0.3 is 0 Å². The quantitative estimate of drug-likeness (QED) is 0.750. The fraction of sp³-hybridized carbons (Fsp3) is 0.412. The molecule has 1 fully saturated rings. The van der Waals surface area contributed by atoms with Crippen molar-refractivity contribution in [2.24, 2.45) is 0 Å². The van der Waals surface area contributed by atoms with Crippen LogP contribution in [0, 0.1) is 0 Å². The summed E-state index contributed by atoms with van der Waals surface area (Å²) < 4.78 is 29.2. The molecule has 1 amide bonds. The Labute approximate surface area is 147 Å². The van der Waals surface area contributed by atoms with Crippen LogP contribution in [0.2, 0.25) is 0 Å². The number of sulfonamides is 1. The Morgan fingerprint density at radius 3 is 2.64 bits per heavy atom. The predicted molar refractivity (Wildman–Crippen MR) is 93.5 cm³/mol. The zero-order valence-electron chi connectivity index (χ0n) is 14.1. The average Bonchev–Trinajstić information content (AvgIpc) is 3.22. The van der Waals surface area contributed by atoms with E-state index in [1.54, 1.807) is 48.7 Å². The van der Waals surface area contributed by atoms with Crippen molar-refractivity contribution in [3.05, 3.63) is 48.5 Å². The molecule has 0 spiro atoms. The summed E-state index contributed by atoms with van der Waals surface area (Å²) in [5.74, 6) is 0.263. The molecule has 0 bridgehead atoms. The maximum Gasteiger partial charge on any atom is 0.240 e. The number of imidazole rings is 1. The van der Waals surface area contributed by atoms with Gasteiger partial charge < -0.3 is 9.47 Å². The van der Waals surface area contributed by atoms with E-state index in [-0.39, 0.29) is 16.7 Å². The Morgan fingerprint density at radius 2 is 2.04 bits per heavy atom. The molecule has 1 atom stereocenters. The number of nitrogens with one attached hydrogen (secondary N) is 1. The van der Waals surface area contributed by atoms with Crippen LogP contribution in [-0.2, 0) is 21.4 Å². The number of amides is 1. The van der Waals surface area contributed by atoms with Gasteiger partial charge in [-0.2, -0.15) is 0 Å². The second kappa shape index (κ2) is 7.37. The van der Waals surface area contributed by atoms with Crippen LogP contribution in [0.5, 0.6) is 0 Å². The third kappa shape index (κ3) is 4.26. The van der Waals surface area contributed by atoms with Gasteiger partial charge in [-0.1, -0.05) is 12.1 Å². The van der Waals surface area contributed by atoms with Gasteiger partial charge in [0.15, 0.2) is 0 Å². The minimum atomic E-state index is -3.52. The maximum atomic E-state index is 12.3. The lowest BCUT2D eigenvalue weighted by Crippen LogP contribution is -2.25. The number of hydrogen-bond donors (Lipinski definition) is 1. The lowest BCUT2D eigenvalue weighted by molar-refractivity contribution is -0.126. The molecule has 7 nitrogen and oxygen atoms in total. The fourth-order valence-electron chi connectivity index (χ4n) is 2.98. The second-order valence-corrected chi connectivity index (χ2v) is 8.06. The lowest BCUT2D eigenvalue weighted by Gasteiger charge is -2.12. The highest BCUT2D eigenvalue weighted by Crippen LogP contribution is 2.27. The zero-order valence-corrected chi connectivity index (χ0v) is 14.9. The third-order valence-corrected chi connectivity index (χ3v) is 5.92. The van der Waals surface area contributed by atoms with Crippen LogP contribution in [0.15, 0.2) is 47.9 Å². The maximum absolute atomic E-state index is 12.3. The molecule has 1 saturated heterocycles. The molecule has 0 radical (unpaired) electrons. The molecular formula is C17H22N4O3S. The van der Waals surface area contributed by atoms with Gasteiger partial charge in [-0.25, -0.2) is 18.1 Å². The monoisotopic (exact) mass is 362 g/mol. The molecule has 1 unspecified atom stereocenters. The normalized spacial score (nSPS) is 18.0. The van der Waals surface area contributed by atoms with E-state index in [1.807, 2.05) is 10.8 Å². The highest BCUT2D eigenvalue weighted by atomic mass is 32.2. The highest BCUT2D eigenvalue weighted by Gasteiger charge is 2.28. The van der Waals surface area contributed by atoms with Crippen LogP contribution < -0.4 is 4.72 Å². The van der Waals surface area contributed by atoms with Crippen molar-refractivity contribution in [1.29, 1.82) is 0 Å². The largest absolute Gasteiger partial charge is 0.345 e. The molecule has 0 aliphatic carbocycles. The summed E-state index contributed by atoms with van der Waals surface area (Å²) in [5, 5.41) is 0. The minimum Gasteiger partial charge on any atom is -0.345 e. The van der Waals surface area contributed by atoms with Gasteiger partial charge in [0.05, 0.1) is 11.2 Å². The summed E-state index contributed by atoms with van der Waals surface area (Å²) in [6, 6.07) is 6.82. The first-order valence-electron chi connectivity index (χ1n) is 8.25. The molecule has 25 heavy (non-hydrogen) atoms. The van der Waals surface area contributed by atoms with Crippen LogP contribution in [0.3, 0.4) is 0 Å². The van der Waals surface area contributed by atoms with Crippen LogP contribution in [-0.4, -0.2) is 48.9 Å². The molecule has 1 N–H and O–H groups in total. The van der Waals surface area contributed by atoms with Crippen LogP contribution in [0.4, 0.5) is 0 Å². The minimum absolute atomic E-state index is 0.126. The number of likely N-dealkylation sites (N-methyl/N-ethyl adjacent to an activating group) is 1. The molecule has 8 heteroatoms. The van der Waals surface area contributed by atoms with Gasteiger partial charge in [-0.15, -0.1) is 0 Å². The number of aromatic nitrogens is 2. The van der Waals surface area contributed by atoms with E-state index in [2.05, 4.69) is 9.71 Å². The van der Waals surface area contributed by atoms with Gasteiger partial charge in [-0.3, -0.25) is 4.79 Å². The van der Waals surface area contributed by atoms with Crippen LogP contribution in [0.25, 0.3) is 0 Å². The van der Waals surface area contributed by atoms with Crippen LogP contribution in [0.1, 0.15) is 24.3 Å². The van der Waals surface area contributed by atoms with Crippen molar-refractivity contribution in [3.63, 3.8) is 0 Å². The Balaban J connectivity index is 1.56. The Morgan fingerprint density at radius 1 is 1.28 bits per heavy atom. The number of rotatable bonds is 7. The van der Waals surface area contributed by atoms with Crippen molar-refractivity contribution >= 4 is 15.9 Å². The number of carbonyl (C=O) groups is 1. The summed E-state index contributed by atoms with van der Waals surface area (Å²) >= 11 is 0. The fourth-order valence-corrected chi connectivity index (χ4v) is 4.05. The van der Waals surface area contributed by atoms with Gasteiger partial charge in [0.1, 0.15) is 0 Å². The van der Waals surface area contributed by atoms with Crippen LogP contribution >= 0.6 is 0 Å². The van der Waals surface area contributed by atoms with Gasteiger partial charge in [0, 0.05) is 51.4 Å². The summed E-state index contributed by atoms with van der Waals surface area (Å²) in [6.45, 7) is 1.76. The number of benzene rings is 1. The van der Waals surface area contributed by atoms with E-state index < -0.39 is 10.0 Å². The Kier molecular flexibility index (Phi) is 5.19. The first kappa shape index (κ1) is 17.6. The molecule has 2 aromatic rings. The Hall–Kier alpha value is -2.19. The van der Waals surface area contributed by atoms with Crippen molar-refractivity contribution < 1.29 is 13.2 Å². The summed E-state index contributed by atoms with van der Waals surface area (Å²) in [6.07, 6.45) is 6.41. The number of aryl methyl sites for hydroxylation is 1. The Bertz CT molecular complexity index is 816. The van der Waals surface area contributed by atoms with E-state index in [9.17, 15) is 13.2 Å². The number of likely N-dealkylation sites (tertiary alicyclic amines) is 1. The summed E-state index contributed by atoms with van der Waals surface area (Å²) in [5.41, 5.74) is 0.997. The number of hydrogen-bond acceptors (Lipinski definition) is 4. The summed E-state index contributed by atoms with van der Waals surface area (Å²) in [4.78, 5) is 17.5. The van der Waals surface area contributed by atoms with Crippen molar-refractivity contribution in [2.45, 2.75) is 30.2 Å². The molecule has 1 aliphatic rings. The van der Waals surface area contributed by atoms with Crippen molar-refractivity contribution in [1.82, 2.24) is 19.2 Å². The lowest BCUT2D eigenvalue weighted by atomic mass is 9.98. The number of nitrogens with zero attached hydrogens (tertiary/aromatic N) is 3. The molecule has 1 aromatic heterocycles. The molecule has 1 aliphatic heterocycles. The van der Waals surface area contributed by atoms with Gasteiger partial charge in [0.25, 0.3) is 0 Å². The molecule has 3 rings (SSSR count). The predicted octanol–water partition coefficient (Wildman–Crippen LogP) is 1.20. The molecule has 134 valence electrons. The average molecular weight is 362 g/mol. The van der Waals surface area contributed by atoms with E-state index in [0.29, 0.717) is 32.5 Å². The molecule has 0 saturated carbocycles. The SMILES string of the molecule is CN1CC(c2ccc(S(=O)(=O)NCCCn3ccnc3)cc2)CC1=O. The van der Waals surface area contributed by atoms with Gasteiger partial charge in [-0.05, 0) is 24.1 Å². The molecular weight excluding hydrogens is 340 g/mol. The first-order valence-corrected chi connectivity index (χ1v) is 9.73. The second-order valence-electron chi connectivity index (χ2n) is 6.30. The number of carbonyl (C=O) groups excluding carboxylic acids is 1. The topological polar surface area (TPSA) is 84.3 Å². The smallest absolute Gasteiger partial charge is 0.240 e. The van der Waals surface area contributed by atoms with E-state index in [1.165, 1.54) is 0 Å². The molecule has 2 heterocycles. The first-order chi connectivity index (χ1) is 12.0. The zero-order chi connectivity index (χ0) is 17.9. The highest BCUT2D eigenvalue weighted by molar-refractivity contribution is 7.89.